The second kappa shape index (κ2) is 17.0. The first-order valence-corrected chi connectivity index (χ1v) is 16.5. The molecule has 0 aliphatic heterocycles. The first-order chi connectivity index (χ1) is 21.2. The van der Waals surface area contributed by atoms with Crippen molar-refractivity contribution in [2.45, 2.75) is 37.8 Å². The molecule has 0 unspecified atom stereocenters. The number of amides is 2. The molecule has 44 heavy (non-hydrogen) atoms. The first-order valence-electron chi connectivity index (χ1n) is 14.1. The van der Waals surface area contributed by atoms with Crippen molar-refractivity contribution in [3.05, 3.63) is 132 Å². The zero-order valence-corrected chi connectivity index (χ0v) is 27.6. The molecule has 2 amide bonds. The van der Waals surface area contributed by atoms with E-state index in [0.717, 1.165) is 16.0 Å². The summed E-state index contributed by atoms with van der Waals surface area (Å²) >= 11 is 26.3. The normalized spacial score (nSPS) is 12.7. The smallest absolute Gasteiger partial charge is 0.244 e. The van der Waals surface area contributed by atoms with Crippen LogP contribution in [0.2, 0.25) is 20.1 Å². The quantitative estimate of drug-likeness (QED) is 0.131. The third kappa shape index (κ3) is 10.4. The molecule has 3 aromatic carbocycles. The lowest BCUT2D eigenvalue weighted by Gasteiger charge is -2.30. The van der Waals surface area contributed by atoms with E-state index in [4.69, 9.17) is 46.4 Å². The summed E-state index contributed by atoms with van der Waals surface area (Å²) in [4.78, 5) is 29.4. The molecule has 0 saturated heterocycles. The van der Waals surface area contributed by atoms with E-state index in [1.54, 1.807) is 52.6 Å². The number of benzene rings is 3. The average molecular weight is 691 g/mol. The maximum Gasteiger partial charge on any atom is 0.244 e. The number of nitrogens with zero attached hydrogens (tertiary/aromatic N) is 1. The van der Waals surface area contributed by atoms with Crippen molar-refractivity contribution in [2.24, 2.45) is 0 Å². The van der Waals surface area contributed by atoms with E-state index in [0.29, 0.717) is 51.5 Å². The number of rotatable bonds is 14. The van der Waals surface area contributed by atoms with Crippen LogP contribution in [0.25, 0.3) is 6.08 Å². The summed E-state index contributed by atoms with van der Waals surface area (Å²) in [6, 6.07) is 23.3. The minimum Gasteiger partial charge on any atom is -0.389 e. The molecule has 0 aliphatic carbocycles. The Bertz CT molecular complexity index is 1540. The van der Waals surface area contributed by atoms with E-state index in [2.05, 4.69) is 5.32 Å². The van der Waals surface area contributed by atoms with Crippen molar-refractivity contribution in [3.63, 3.8) is 0 Å². The molecular formula is C34H32Cl4N2O3S. The average Bonchev–Trinajstić information content (AvgIpc) is 3.53. The fourth-order valence-electron chi connectivity index (χ4n) is 4.69. The minimum atomic E-state index is -1.05. The molecule has 0 fully saturated rings. The van der Waals surface area contributed by atoms with Gasteiger partial charge in [0.15, 0.2) is 0 Å². The van der Waals surface area contributed by atoms with Crippen LogP contribution in [-0.4, -0.2) is 47.1 Å². The molecule has 0 bridgehead atoms. The van der Waals surface area contributed by atoms with Crippen molar-refractivity contribution in [1.82, 2.24) is 10.2 Å². The van der Waals surface area contributed by atoms with Gasteiger partial charge in [0.25, 0.3) is 0 Å². The van der Waals surface area contributed by atoms with Crippen molar-refractivity contribution in [1.29, 1.82) is 0 Å². The van der Waals surface area contributed by atoms with Gasteiger partial charge in [0.2, 0.25) is 11.8 Å². The van der Waals surface area contributed by atoms with Crippen molar-refractivity contribution >= 4 is 75.6 Å². The summed E-state index contributed by atoms with van der Waals surface area (Å²) in [7, 11) is 0. The highest BCUT2D eigenvalue weighted by Crippen LogP contribution is 2.26. The fraction of sp³-hybridized carbons (Fsp3) is 0.235. The molecule has 1 aromatic heterocycles. The van der Waals surface area contributed by atoms with Gasteiger partial charge in [0.1, 0.15) is 0 Å². The second-order valence-corrected chi connectivity index (χ2v) is 12.9. The molecule has 2 atom stereocenters. The predicted molar refractivity (Wildman–Crippen MR) is 183 cm³/mol. The predicted octanol–water partition coefficient (Wildman–Crippen LogP) is 8.17. The standard InChI is InChI=1S/C34H32Cl4N2O3S/c35-27-9-4-10-28(36)26(27)13-15-33(42)39-31(21-23-6-2-1-3-7-23)32(41)22-40(18-17-25-8-5-19-44-25)34(43)16-12-24-11-14-29(37)30(38)20-24/h1-11,13-15,19-20,31-32,41H,12,16-18,21-22H2,(H,39,42)/b15-13+/t31-,32-/m0/s1. The van der Waals surface area contributed by atoms with E-state index in [1.807, 2.05) is 53.9 Å². The van der Waals surface area contributed by atoms with Gasteiger partial charge in [0.05, 0.1) is 22.2 Å². The van der Waals surface area contributed by atoms with Gasteiger partial charge in [0, 0.05) is 46.1 Å². The second-order valence-electron chi connectivity index (χ2n) is 10.3. The number of carbonyl (C=O) groups excluding carboxylic acids is 2. The Labute approximate surface area is 282 Å². The summed E-state index contributed by atoms with van der Waals surface area (Å²) in [6.45, 7) is 0.470. The van der Waals surface area contributed by atoms with E-state index in [9.17, 15) is 14.7 Å². The van der Waals surface area contributed by atoms with E-state index in [-0.39, 0.29) is 18.9 Å². The largest absolute Gasteiger partial charge is 0.389 e. The van der Waals surface area contributed by atoms with Crippen LogP contribution in [-0.2, 0) is 28.9 Å². The highest BCUT2D eigenvalue weighted by atomic mass is 35.5. The van der Waals surface area contributed by atoms with Crippen molar-refractivity contribution < 1.29 is 14.7 Å². The Hall–Kier alpha value is -2.84. The Kier molecular flexibility index (Phi) is 13.2. The Morgan fingerprint density at radius 2 is 1.59 bits per heavy atom. The number of hydrogen-bond acceptors (Lipinski definition) is 4. The summed E-state index contributed by atoms with van der Waals surface area (Å²) in [5.74, 6) is -0.526. The SMILES string of the molecule is O=C(/C=C/c1c(Cl)cccc1Cl)N[C@@H](Cc1ccccc1)[C@@H](O)CN(CCc1cccs1)C(=O)CCc1ccc(Cl)c(Cl)c1. The number of hydrogen-bond donors (Lipinski definition) is 2. The molecular weight excluding hydrogens is 658 g/mol. The number of carbonyl (C=O) groups is 2. The minimum absolute atomic E-state index is 0.0451. The molecule has 4 rings (SSSR count). The van der Waals surface area contributed by atoms with E-state index >= 15 is 0 Å². The van der Waals surface area contributed by atoms with Crippen LogP contribution in [0.4, 0.5) is 0 Å². The van der Waals surface area contributed by atoms with Crippen LogP contribution in [0.5, 0.6) is 0 Å². The molecule has 230 valence electrons. The van der Waals surface area contributed by atoms with Gasteiger partial charge in [-0.1, -0.05) is 94.9 Å². The summed E-state index contributed by atoms with van der Waals surface area (Å²) in [5, 5.41) is 18.2. The Balaban J connectivity index is 1.49. The maximum absolute atomic E-state index is 13.5. The van der Waals surface area contributed by atoms with Gasteiger partial charge >= 0.3 is 0 Å². The lowest BCUT2D eigenvalue weighted by atomic mass is 10.00. The fourth-order valence-corrected chi connectivity index (χ4v) is 6.23. The molecule has 0 aliphatic rings. The summed E-state index contributed by atoms with van der Waals surface area (Å²) < 4.78 is 0. The molecule has 4 aromatic rings. The van der Waals surface area contributed by atoms with Gasteiger partial charge in [-0.25, -0.2) is 0 Å². The maximum atomic E-state index is 13.5. The van der Waals surface area contributed by atoms with Gasteiger partial charge in [-0.15, -0.1) is 11.3 Å². The number of aliphatic hydroxyl groups is 1. The first kappa shape index (κ1) is 34.0. The van der Waals surface area contributed by atoms with Crippen molar-refractivity contribution in [2.75, 3.05) is 13.1 Å². The van der Waals surface area contributed by atoms with Crippen LogP contribution in [0.3, 0.4) is 0 Å². The number of nitrogens with one attached hydrogen (secondary N) is 1. The Morgan fingerprint density at radius 1 is 0.841 bits per heavy atom. The van der Waals surface area contributed by atoms with Crippen LogP contribution in [0.1, 0.15) is 28.0 Å². The number of aliphatic hydroxyl groups excluding tert-OH is 1. The molecule has 0 saturated carbocycles. The number of aryl methyl sites for hydroxylation is 1. The number of thiophene rings is 1. The van der Waals surface area contributed by atoms with Crippen LogP contribution in [0.15, 0.2) is 90.3 Å². The van der Waals surface area contributed by atoms with Gasteiger partial charge in [-0.05, 0) is 72.2 Å². The molecule has 0 spiro atoms. The Morgan fingerprint density at radius 3 is 2.27 bits per heavy atom. The van der Waals surface area contributed by atoms with Crippen molar-refractivity contribution in [3.8, 4) is 0 Å². The van der Waals surface area contributed by atoms with Crippen LogP contribution >= 0.6 is 57.7 Å². The summed E-state index contributed by atoms with van der Waals surface area (Å²) in [6.07, 6.45) is 3.56. The monoisotopic (exact) mass is 688 g/mol. The van der Waals surface area contributed by atoms with Crippen LogP contribution < -0.4 is 5.32 Å². The third-order valence-electron chi connectivity index (χ3n) is 7.07. The lowest BCUT2D eigenvalue weighted by Crippen LogP contribution is -2.50. The topological polar surface area (TPSA) is 69.6 Å². The molecule has 10 heteroatoms. The molecule has 1 heterocycles. The zero-order chi connectivity index (χ0) is 31.5. The van der Waals surface area contributed by atoms with Gasteiger partial charge in [-0.2, -0.15) is 0 Å². The highest BCUT2D eigenvalue weighted by molar-refractivity contribution is 7.09. The highest BCUT2D eigenvalue weighted by Gasteiger charge is 2.26. The molecule has 2 N–H and O–H groups in total. The van der Waals surface area contributed by atoms with Gasteiger partial charge < -0.3 is 15.3 Å². The zero-order valence-electron chi connectivity index (χ0n) is 23.8. The molecule has 0 radical (unpaired) electrons. The van der Waals surface area contributed by atoms with Gasteiger partial charge in [-0.3, -0.25) is 9.59 Å². The third-order valence-corrected chi connectivity index (χ3v) is 9.41. The lowest BCUT2D eigenvalue weighted by molar-refractivity contribution is -0.132. The number of halogens is 4. The van der Waals surface area contributed by atoms with Crippen LogP contribution in [0, 0.1) is 0 Å². The van der Waals surface area contributed by atoms with E-state index in [1.165, 1.54) is 6.08 Å². The molecule has 5 nitrogen and oxygen atoms in total. The summed E-state index contributed by atoms with van der Waals surface area (Å²) in [5.41, 5.74) is 2.36. The van der Waals surface area contributed by atoms with E-state index < -0.39 is 18.1 Å².